The molecule has 0 bridgehead atoms. The van der Waals surface area contributed by atoms with Gasteiger partial charge < -0.3 is 40.7 Å². The quantitative estimate of drug-likeness (QED) is 0.304. The zero-order valence-electron chi connectivity index (χ0n) is 16.9. The topological polar surface area (TPSA) is 172 Å². The van der Waals surface area contributed by atoms with E-state index in [1.165, 1.54) is 11.8 Å². The Kier molecular flexibility index (Phi) is 9.86. The Morgan fingerprint density at radius 1 is 1.31 bits per heavy atom. The maximum Gasteiger partial charge on any atom is 0.410 e. The lowest BCUT2D eigenvalue weighted by atomic mass is 9.92. The maximum absolute atomic E-state index is 12.6. The molecule has 0 aromatic heterocycles. The highest BCUT2D eigenvalue weighted by molar-refractivity contribution is 5.84. The number of aliphatic hydroxyl groups excluding tert-OH is 2. The number of carbonyl (C=O) groups is 3. The molecular weight excluding hydrogens is 386 g/mol. The van der Waals surface area contributed by atoms with Crippen LogP contribution < -0.4 is 11.1 Å². The van der Waals surface area contributed by atoms with Crippen molar-refractivity contribution >= 4 is 18.0 Å². The van der Waals surface area contributed by atoms with Crippen LogP contribution in [0.25, 0.3) is 0 Å². The number of rotatable bonds is 10. The van der Waals surface area contributed by atoms with E-state index in [4.69, 9.17) is 15.2 Å². The van der Waals surface area contributed by atoms with Gasteiger partial charge in [-0.3, -0.25) is 4.79 Å². The Labute approximate surface area is 169 Å². The molecule has 166 valence electrons. The van der Waals surface area contributed by atoms with Gasteiger partial charge in [0, 0.05) is 20.0 Å². The maximum atomic E-state index is 12.6. The number of hydrogen-bond acceptors (Lipinski definition) is 8. The molecule has 29 heavy (non-hydrogen) atoms. The number of nitrogens with two attached hydrogens (primary N) is 1. The van der Waals surface area contributed by atoms with Gasteiger partial charge in [-0.15, -0.1) is 0 Å². The summed E-state index contributed by atoms with van der Waals surface area (Å²) in [6.07, 6.45) is -2.69. The highest BCUT2D eigenvalue weighted by Crippen LogP contribution is 2.24. The van der Waals surface area contributed by atoms with Crippen LogP contribution in [0.2, 0.25) is 0 Å². The third kappa shape index (κ3) is 6.87. The van der Waals surface area contributed by atoms with E-state index >= 15 is 0 Å². The monoisotopic (exact) mass is 417 g/mol. The third-order valence-electron chi connectivity index (χ3n) is 4.33. The first kappa shape index (κ1) is 24.7. The molecule has 0 unspecified atom stereocenters. The lowest BCUT2D eigenvalue weighted by molar-refractivity contribution is -0.146. The number of ether oxygens (including phenoxy) is 2. The first-order valence-corrected chi connectivity index (χ1v) is 9.55. The smallest absolute Gasteiger partial charge is 0.410 e. The standard InChI is InChI=1S/C18H31N3O8/c1-4-6-21(7-5-2)18(27)29-15(12(24)9-22)16-14(20-10(3)23)11(19)8-13(28-16)17(25)26/h8,11-12,14-16,22,24H,4-7,9,19H2,1-3H3,(H,20,23)(H,25,26)/t11-,12+,14+,15+,16+/m0/s1. The predicted molar refractivity (Wildman–Crippen MR) is 102 cm³/mol. The fraction of sp³-hybridized carbons (Fsp3) is 0.722. The predicted octanol–water partition coefficient (Wildman–Crippen LogP) is -0.834. The Hall–Kier alpha value is -2.37. The highest BCUT2D eigenvalue weighted by atomic mass is 16.6. The normalized spacial score (nSPS) is 23.2. The summed E-state index contributed by atoms with van der Waals surface area (Å²) in [5.41, 5.74) is 5.98. The summed E-state index contributed by atoms with van der Waals surface area (Å²) in [4.78, 5) is 37.0. The molecule has 11 nitrogen and oxygen atoms in total. The van der Waals surface area contributed by atoms with Crippen molar-refractivity contribution < 1.29 is 39.2 Å². The van der Waals surface area contributed by atoms with Crippen LogP contribution in [0.5, 0.6) is 0 Å². The minimum Gasteiger partial charge on any atom is -0.477 e. The molecule has 0 saturated heterocycles. The van der Waals surface area contributed by atoms with Crippen LogP contribution >= 0.6 is 0 Å². The van der Waals surface area contributed by atoms with E-state index in [1.54, 1.807) is 0 Å². The number of carboxylic acids is 1. The van der Waals surface area contributed by atoms with E-state index in [9.17, 15) is 29.7 Å². The molecule has 1 heterocycles. The minimum atomic E-state index is -1.59. The number of carboxylic acid groups (broad SMARTS) is 1. The van der Waals surface area contributed by atoms with E-state index in [-0.39, 0.29) is 0 Å². The van der Waals surface area contributed by atoms with Gasteiger partial charge >= 0.3 is 12.1 Å². The van der Waals surface area contributed by atoms with Crippen LogP contribution in [-0.2, 0) is 19.1 Å². The number of aliphatic carboxylic acids is 1. The van der Waals surface area contributed by atoms with Crippen molar-refractivity contribution in [1.82, 2.24) is 10.2 Å². The number of amides is 2. The summed E-state index contributed by atoms with van der Waals surface area (Å²) in [5.74, 6) is -2.39. The van der Waals surface area contributed by atoms with Gasteiger partial charge in [-0.2, -0.15) is 0 Å². The van der Waals surface area contributed by atoms with Crippen LogP contribution in [0.3, 0.4) is 0 Å². The van der Waals surface area contributed by atoms with Gasteiger partial charge in [-0.25, -0.2) is 9.59 Å². The van der Waals surface area contributed by atoms with E-state index in [0.29, 0.717) is 25.9 Å². The van der Waals surface area contributed by atoms with Crippen LogP contribution in [0, 0.1) is 0 Å². The zero-order chi connectivity index (χ0) is 22.1. The molecule has 6 N–H and O–H groups in total. The van der Waals surface area contributed by atoms with Crippen LogP contribution in [-0.4, -0.2) is 88.3 Å². The number of carbonyl (C=O) groups excluding carboxylic acids is 2. The second-order valence-electron chi connectivity index (χ2n) is 6.81. The molecule has 0 aromatic rings. The van der Waals surface area contributed by atoms with Crippen LogP contribution in [0.1, 0.15) is 33.6 Å². The van der Waals surface area contributed by atoms with E-state index in [1.807, 2.05) is 13.8 Å². The third-order valence-corrected chi connectivity index (χ3v) is 4.33. The molecule has 0 aliphatic carbocycles. The van der Waals surface area contributed by atoms with Crippen LogP contribution in [0.4, 0.5) is 4.79 Å². The van der Waals surface area contributed by atoms with Crippen molar-refractivity contribution in [3.05, 3.63) is 11.8 Å². The first-order chi connectivity index (χ1) is 13.7. The zero-order valence-corrected chi connectivity index (χ0v) is 16.9. The summed E-state index contributed by atoms with van der Waals surface area (Å²) in [7, 11) is 0. The number of nitrogens with one attached hydrogen (secondary N) is 1. The van der Waals surface area contributed by atoms with Crippen molar-refractivity contribution in [2.45, 2.75) is 64.0 Å². The van der Waals surface area contributed by atoms with Gasteiger partial charge in [0.2, 0.25) is 11.7 Å². The van der Waals surface area contributed by atoms with Gasteiger partial charge in [-0.05, 0) is 18.9 Å². The van der Waals surface area contributed by atoms with Gasteiger partial charge in [0.05, 0.1) is 18.7 Å². The number of aliphatic hydroxyl groups is 2. The van der Waals surface area contributed by atoms with Crippen LogP contribution in [0.15, 0.2) is 11.8 Å². The van der Waals surface area contributed by atoms with Crippen molar-refractivity contribution in [2.24, 2.45) is 5.73 Å². The molecule has 5 atom stereocenters. The second-order valence-corrected chi connectivity index (χ2v) is 6.81. The van der Waals surface area contributed by atoms with E-state index < -0.39 is 60.7 Å². The summed E-state index contributed by atoms with van der Waals surface area (Å²) in [6.45, 7) is 5.04. The SMILES string of the molecule is CCCN(CCC)C(=O)O[C@@H]([C@@H]1OC(C(=O)O)=C[C@H](N)[C@H]1NC(C)=O)[C@H](O)CO. The molecule has 0 fully saturated rings. The Bertz CT molecular complexity index is 606. The second kappa shape index (κ2) is 11.6. The molecule has 11 heteroatoms. The summed E-state index contributed by atoms with van der Waals surface area (Å²) in [5, 5.41) is 31.5. The Morgan fingerprint density at radius 2 is 1.90 bits per heavy atom. The Morgan fingerprint density at radius 3 is 2.34 bits per heavy atom. The minimum absolute atomic E-state index is 0.412. The Balaban J connectivity index is 3.23. The molecule has 0 saturated carbocycles. The fourth-order valence-corrected chi connectivity index (χ4v) is 3.06. The van der Waals surface area contributed by atoms with Gasteiger partial charge in [-0.1, -0.05) is 13.8 Å². The van der Waals surface area contributed by atoms with Crippen molar-refractivity contribution in [3.63, 3.8) is 0 Å². The van der Waals surface area contributed by atoms with Crippen molar-refractivity contribution in [1.29, 1.82) is 0 Å². The summed E-state index contributed by atoms with van der Waals surface area (Å²) < 4.78 is 10.8. The molecular formula is C18H31N3O8. The van der Waals surface area contributed by atoms with Crippen molar-refractivity contribution in [3.8, 4) is 0 Å². The number of nitrogens with zero attached hydrogens (tertiary/aromatic N) is 1. The molecule has 0 radical (unpaired) electrons. The summed E-state index contributed by atoms with van der Waals surface area (Å²) >= 11 is 0. The molecule has 1 rings (SSSR count). The van der Waals surface area contributed by atoms with E-state index in [2.05, 4.69) is 5.32 Å². The first-order valence-electron chi connectivity index (χ1n) is 9.55. The number of hydrogen-bond donors (Lipinski definition) is 5. The largest absolute Gasteiger partial charge is 0.477 e. The lowest BCUT2D eigenvalue weighted by Gasteiger charge is -2.40. The average Bonchev–Trinajstić information content (AvgIpc) is 2.66. The lowest BCUT2D eigenvalue weighted by Crippen LogP contribution is -2.63. The molecule has 0 aromatic carbocycles. The molecule has 1 aliphatic heterocycles. The summed E-state index contributed by atoms with van der Waals surface area (Å²) in [6, 6.07) is -1.99. The molecule has 0 spiro atoms. The fourth-order valence-electron chi connectivity index (χ4n) is 3.06. The highest BCUT2D eigenvalue weighted by Gasteiger charge is 2.45. The van der Waals surface area contributed by atoms with Gasteiger partial charge in [0.25, 0.3) is 0 Å². The van der Waals surface area contributed by atoms with E-state index in [0.717, 1.165) is 6.08 Å². The average molecular weight is 417 g/mol. The van der Waals surface area contributed by atoms with Gasteiger partial charge in [0.15, 0.2) is 12.2 Å². The molecule has 2 amide bonds. The van der Waals surface area contributed by atoms with Crippen molar-refractivity contribution in [2.75, 3.05) is 19.7 Å². The molecule has 1 aliphatic rings. The van der Waals surface area contributed by atoms with Gasteiger partial charge in [0.1, 0.15) is 6.10 Å².